The van der Waals surface area contributed by atoms with E-state index in [-0.39, 0.29) is 31.0 Å². The highest BCUT2D eigenvalue weighted by atomic mass is 32.3. The summed E-state index contributed by atoms with van der Waals surface area (Å²) in [7, 11) is -4.60. The van der Waals surface area contributed by atoms with Crippen LogP contribution in [0.3, 0.4) is 0 Å². The van der Waals surface area contributed by atoms with E-state index in [0.29, 0.717) is 5.56 Å². The molecule has 0 bridgehead atoms. The van der Waals surface area contributed by atoms with Gasteiger partial charge < -0.3 is 9.88 Å². The van der Waals surface area contributed by atoms with Crippen LogP contribution in [0.25, 0.3) is 0 Å². The normalized spacial score (nSPS) is 19.3. The van der Waals surface area contributed by atoms with Crippen molar-refractivity contribution >= 4 is 16.1 Å². The Kier molecular flexibility index (Phi) is 4.18. The molecule has 0 aliphatic carbocycles. The van der Waals surface area contributed by atoms with Crippen molar-refractivity contribution in [2.45, 2.75) is 26.8 Å². The molecule has 21 heavy (non-hydrogen) atoms. The predicted molar refractivity (Wildman–Crippen MR) is 75.0 cm³/mol. The quantitative estimate of drug-likeness (QED) is 0.826. The predicted octanol–water partition coefficient (Wildman–Crippen LogP) is 0.640. The van der Waals surface area contributed by atoms with Gasteiger partial charge in [-0.2, -0.15) is 8.42 Å². The summed E-state index contributed by atoms with van der Waals surface area (Å²) < 4.78 is 34.0. The van der Waals surface area contributed by atoms with E-state index in [9.17, 15) is 21.9 Å². The fraction of sp³-hybridized carbons (Fsp3) is 0.538. The van der Waals surface area contributed by atoms with Gasteiger partial charge in [-0.05, 0) is 25.5 Å². The maximum absolute atomic E-state index is 12.7. The summed E-state index contributed by atoms with van der Waals surface area (Å²) in [5.74, 6) is -1.47. The van der Waals surface area contributed by atoms with Gasteiger partial charge in [-0.15, -0.1) is 3.89 Å². The van der Waals surface area contributed by atoms with Gasteiger partial charge in [0, 0.05) is 30.1 Å². The second kappa shape index (κ2) is 5.59. The number of H-pyrrole nitrogens is 1. The second-order valence-electron chi connectivity index (χ2n) is 5.49. The van der Waals surface area contributed by atoms with Crippen LogP contribution in [0.1, 0.15) is 23.2 Å². The number of aromatic amines is 1. The van der Waals surface area contributed by atoms with Crippen LogP contribution < -0.4 is 5.56 Å². The van der Waals surface area contributed by atoms with Gasteiger partial charge in [-0.25, -0.2) is 0 Å². The molecule has 1 N–H and O–H groups in total. The molecule has 1 aromatic rings. The summed E-state index contributed by atoms with van der Waals surface area (Å²) in [6.07, 6.45) is -0.00797. The van der Waals surface area contributed by atoms with E-state index in [0.717, 1.165) is 11.3 Å². The number of carbonyl (C=O) groups excluding carboxylic acids is 1. The lowest BCUT2D eigenvalue weighted by Gasteiger charge is -2.17. The van der Waals surface area contributed by atoms with Gasteiger partial charge in [0.15, 0.2) is 0 Å². The molecule has 1 fully saturated rings. The van der Waals surface area contributed by atoms with E-state index >= 15 is 0 Å². The number of rotatable bonds is 4. The average molecular weight is 316 g/mol. The Morgan fingerprint density at radius 1 is 1.38 bits per heavy atom. The highest BCUT2D eigenvalue weighted by Gasteiger charge is 2.33. The number of pyridine rings is 1. The summed E-state index contributed by atoms with van der Waals surface area (Å²) in [6, 6.07) is 1.81. The molecule has 0 saturated carbocycles. The fourth-order valence-corrected chi connectivity index (χ4v) is 3.46. The van der Waals surface area contributed by atoms with Gasteiger partial charge in [0.05, 0.1) is 12.3 Å². The summed E-state index contributed by atoms with van der Waals surface area (Å²) in [5.41, 5.74) is 1.71. The third-order valence-corrected chi connectivity index (χ3v) is 4.44. The maximum atomic E-state index is 12.7. The van der Waals surface area contributed by atoms with E-state index < -0.39 is 21.9 Å². The standard InChI is InChI=1S/C13H17FN2O4S/c1-8-3-9(2)15-13(18)11(8)6-16-5-10(4-12(16)17)7-21(14,19)20/h3,10H,4-7H2,1-2H3,(H,15,18). The minimum Gasteiger partial charge on any atom is -0.338 e. The van der Waals surface area contributed by atoms with Crippen molar-refractivity contribution in [1.29, 1.82) is 0 Å². The van der Waals surface area contributed by atoms with Crippen molar-refractivity contribution in [3.63, 3.8) is 0 Å². The Morgan fingerprint density at radius 3 is 2.62 bits per heavy atom. The molecule has 1 aromatic heterocycles. The van der Waals surface area contributed by atoms with Gasteiger partial charge in [-0.1, -0.05) is 0 Å². The maximum Gasteiger partial charge on any atom is 0.302 e. The molecule has 6 nitrogen and oxygen atoms in total. The van der Waals surface area contributed by atoms with Crippen molar-refractivity contribution in [2.75, 3.05) is 12.3 Å². The minimum absolute atomic E-state index is 0.00797. The van der Waals surface area contributed by atoms with Gasteiger partial charge in [0.25, 0.3) is 5.56 Å². The zero-order valence-electron chi connectivity index (χ0n) is 11.8. The van der Waals surface area contributed by atoms with E-state index in [1.165, 1.54) is 4.90 Å². The number of hydrogen-bond donors (Lipinski definition) is 1. The third kappa shape index (κ3) is 3.90. The Balaban J connectivity index is 2.15. The number of carbonyl (C=O) groups is 1. The molecule has 2 rings (SSSR count). The van der Waals surface area contributed by atoms with Crippen molar-refractivity contribution < 1.29 is 17.1 Å². The van der Waals surface area contributed by atoms with Gasteiger partial charge in [-0.3, -0.25) is 9.59 Å². The van der Waals surface area contributed by atoms with Crippen LogP contribution in [-0.2, 0) is 21.6 Å². The largest absolute Gasteiger partial charge is 0.338 e. The van der Waals surface area contributed by atoms with E-state index in [4.69, 9.17) is 0 Å². The van der Waals surface area contributed by atoms with Gasteiger partial charge >= 0.3 is 10.2 Å². The molecule has 116 valence electrons. The topological polar surface area (TPSA) is 87.3 Å². The van der Waals surface area contributed by atoms with Crippen LogP contribution in [0, 0.1) is 19.8 Å². The highest BCUT2D eigenvalue weighted by molar-refractivity contribution is 7.86. The molecular formula is C13H17FN2O4S. The minimum atomic E-state index is -4.60. The molecule has 1 saturated heterocycles. The first-order valence-electron chi connectivity index (χ1n) is 6.55. The number of nitrogens with zero attached hydrogens (tertiary/aromatic N) is 1. The Bertz CT molecular complexity index is 726. The average Bonchev–Trinajstić information content (AvgIpc) is 2.61. The molecule has 0 aromatic carbocycles. The Labute approximate surface area is 122 Å². The molecular weight excluding hydrogens is 299 g/mol. The van der Waals surface area contributed by atoms with E-state index in [1.54, 1.807) is 19.9 Å². The molecule has 1 aliphatic heterocycles. The van der Waals surface area contributed by atoms with Crippen molar-refractivity contribution in [3.05, 3.63) is 33.2 Å². The summed E-state index contributed by atoms with van der Waals surface area (Å²) in [6.45, 7) is 3.81. The number of nitrogens with one attached hydrogen (secondary N) is 1. The van der Waals surface area contributed by atoms with E-state index in [1.807, 2.05) is 0 Å². The van der Waals surface area contributed by atoms with Crippen LogP contribution in [0.5, 0.6) is 0 Å². The van der Waals surface area contributed by atoms with Crippen LogP contribution in [0.2, 0.25) is 0 Å². The van der Waals surface area contributed by atoms with Gasteiger partial charge in [0.1, 0.15) is 0 Å². The van der Waals surface area contributed by atoms with Crippen LogP contribution in [-0.4, -0.2) is 36.5 Å². The van der Waals surface area contributed by atoms with Crippen molar-refractivity contribution in [2.24, 2.45) is 5.92 Å². The molecule has 8 heteroatoms. The number of aromatic nitrogens is 1. The number of aryl methyl sites for hydroxylation is 2. The first-order chi connectivity index (χ1) is 9.65. The zero-order valence-corrected chi connectivity index (χ0v) is 12.7. The zero-order chi connectivity index (χ0) is 15.8. The Morgan fingerprint density at radius 2 is 2.05 bits per heavy atom. The lowest BCUT2D eigenvalue weighted by Crippen LogP contribution is -2.29. The number of hydrogen-bond acceptors (Lipinski definition) is 4. The SMILES string of the molecule is Cc1cc(C)c(CN2CC(CS(=O)(=O)F)CC2=O)c(=O)[nH]1. The first-order valence-corrected chi connectivity index (χ1v) is 8.10. The van der Waals surface area contributed by atoms with E-state index in [2.05, 4.69) is 4.98 Å². The summed E-state index contributed by atoms with van der Waals surface area (Å²) in [5, 5.41) is 0. The number of likely N-dealkylation sites (tertiary alicyclic amines) is 1. The van der Waals surface area contributed by atoms with Crippen molar-refractivity contribution in [1.82, 2.24) is 9.88 Å². The second-order valence-corrected chi connectivity index (χ2v) is 6.90. The third-order valence-electron chi connectivity index (χ3n) is 3.57. The monoisotopic (exact) mass is 316 g/mol. The first kappa shape index (κ1) is 15.7. The lowest BCUT2D eigenvalue weighted by molar-refractivity contribution is -0.128. The smallest absolute Gasteiger partial charge is 0.302 e. The molecule has 2 heterocycles. The van der Waals surface area contributed by atoms with Crippen LogP contribution in [0.15, 0.2) is 10.9 Å². The molecule has 1 amide bonds. The molecule has 1 unspecified atom stereocenters. The van der Waals surface area contributed by atoms with Crippen LogP contribution in [0.4, 0.5) is 3.89 Å². The summed E-state index contributed by atoms with van der Waals surface area (Å²) >= 11 is 0. The fourth-order valence-electron chi connectivity index (χ4n) is 2.67. The molecule has 0 radical (unpaired) electrons. The molecule has 1 aliphatic rings. The van der Waals surface area contributed by atoms with Gasteiger partial charge in [0.2, 0.25) is 5.91 Å². The molecule has 0 spiro atoms. The number of amides is 1. The number of halogens is 1. The molecule has 1 atom stereocenters. The lowest BCUT2D eigenvalue weighted by atomic mass is 10.1. The Hall–Kier alpha value is -1.70. The van der Waals surface area contributed by atoms with Crippen molar-refractivity contribution in [3.8, 4) is 0 Å². The van der Waals surface area contributed by atoms with Crippen LogP contribution >= 0.6 is 0 Å². The highest BCUT2D eigenvalue weighted by Crippen LogP contribution is 2.22. The summed E-state index contributed by atoms with van der Waals surface area (Å²) in [4.78, 5) is 27.9.